The fraction of sp³-hybridized carbons (Fsp3) is 0.480. The predicted molar refractivity (Wildman–Crippen MR) is 120 cm³/mol. The van der Waals surface area contributed by atoms with Gasteiger partial charge >= 0.3 is 0 Å². The number of amides is 1. The van der Waals surface area contributed by atoms with Gasteiger partial charge in [0.1, 0.15) is 0 Å². The normalized spacial score (nSPS) is 29.8. The summed E-state index contributed by atoms with van der Waals surface area (Å²) < 4.78 is 0. The largest absolute Gasteiger partial charge is 0.326 e. The molecule has 4 fully saturated rings. The first-order chi connectivity index (χ1) is 14.0. The van der Waals surface area contributed by atoms with Gasteiger partial charge in [-0.2, -0.15) is 0 Å². The van der Waals surface area contributed by atoms with Gasteiger partial charge in [-0.15, -0.1) is 0 Å². The molecule has 0 aliphatic heterocycles. The van der Waals surface area contributed by atoms with Crippen molar-refractivity contribution >= 4 is 34.8 Å². The summed E-state index contributed by atoms with van der Waals surface area (Å²) in [6.07, 6.45) is 9.38. The molecular weight excluding hydrogens is 401 g/mol. The van der Waals surface area contributed by atoms with Crippen molar-refractivity contribution in [3.05, 3.63) is 63.6 Å². The molecule has 6 rings (SSSR count). The number of carbonyl (C=O) groups is 1. The molecule has 29 heavy (non-hydrogen) atoms. The van der Waals surface area contributed by atoms with Gasteiger partial charge in [-0.3, -0.25) is 4.79 Å². The van der Waals surface area contributed by atoms with Crippen LogP contribution in [0.3, 0.4) is 0 Å². The number of rotatable bonds is 5. The van der Waals surface area contributed by atoms with E-state index in [-0.39, 0.29) is 5.91 Å². The van der Waals surface area contributed by atoms with Crippen LogP contribution in [0.1, 0.15) is 56.1 Å². The Morgan fingerprint density at radius 2 is 1.45 bits per heavy atom. The second-order valence-electron chi connectivity index (χ2n) is 9.52. The number of halogens is 2. The van der Waals surface area contributed by atoms with Gasteiger partial charge in [-0.25, -0.2) is 0 Å². The van der Waals surface area contributed by atoms with E-state index in [1.807, 2.05) is 18.2 Å². The Morgan fingerprint density at radius 1 is 0.897 bits per heavy atom. The molecular formula is C25H27Cl2NO. The molecule has 0 atom stereocenters. The minimum absolute atomic E-state index is 0.0106. The van der Waals surface area contributed by atoms with Gasteiger partial charge in [-0.05, 0) is 104 Å². The van der Waals surface area contributed by atoms with Gasteiger partial charge < -0.3 is 5.32 Å². The van der Waals surface area contributed by atoms with Crippen molar-refractivity contribution in [2.75, 3.05) is 5.32 Å². The van der Waals surface area contributed by atoms with E-state index in [0.717, 1.165) is 29.0 Å². The maximum Gasteiger partial charge on any atom is 0.224 e. The van der Waals surface area contributed by atoms with E-state index >= 15 is 0 Å². The maximum atomic E-state index is 12.4. The highest BCUT2D eigenvalue weighted by atomic mass is 35.5. The first kappa shape index (κ1) is 19.5. The van der Waals surface area contributed by atoms with Crippen molar-refractivity contribution in [3.8, 4) is 0 Å². The predicted octanol–water partition coefficient (Wildman–Crippen LogP) is 7.03. The molecule has 2 aromatic carbocycles. The molecule has 4 aliphatic rings. The second kappa shape index (κ2) is 7.63. The Kier molecular flexibility index (Phi) is 5.12. The summed E-state index contributed by atoms with van der Waals surface area (Å²) in [6, 6.07) is 14.1. The molecule has 2 nitrogen and oxygen atoms in total. The lowest BCUT2D eigenvalue weighted by Gasteiger charge is -2.57. The molecule has 4 saturated carbocycles. The molecule has 0 aromatic heterocycles. The van der Waals surface area contributed by atoms with Gasteiger partial charge in [0, 0.05) is 22.2 Å². The zero-order valence-electron chi connectivity index (χ0n) is 16.6. The van der Waals surface area contributed by atoms with Gasteiger partial charge in [0.15, 0.2) is 0 Å². The smallest absolute Gasteiger partial charge is 0.224 e. The number of hydrogen-bond acceptors (Lipinski definition) is 1. The minimum atomic E-state index is -0.0106. The van der Waals surface area contributed by atoms with Crippen LogP contribution in [0.25, 0.3) is 0 Å². The van der Waals surface area contributed by atoms with Crippen LogP contribution in [0.15, 0.2) is 42.5 Å². The van der Waals surface area contributed by atoms with Crippen LogP contribution in [-0.2, 0) is 16.6 Å². The SMILES string of the molecule is O=C(CCc1c(Cl)cccc1Cl)Nc1ccc(C23CC4CC(CC(C4)C2)C3)cc1. The van der Waals surface area contributed by atoms with E-state index in [9.17, 15) is 4.79 Å². The third-order valence-corrected chi connectivity index (χ3v) is 8.19. The third-order valence-electron chi connectivity index (χ3n) is 7.48. The fourth-order valence-corrected chi connectivity index (χ4v) is 7.19. The summed E-state index contributed by atoms with van der Waals surface area (Å²) in [5.74, 6) is 2.82. The second-order valence-corrected chi connectivity index (χ2v) is 10.3. The summed E-state index contributed by atoms with van der Waals surface area (Å²) in [7, 11) is 0. The average molecular weight is 428 g/mol. The molecule has 4 heteroatoms. The number of nitrogens with one attached hydrogen (secondary N) is 1. The van der Waals surface area contributed by atoms with E-state index < -0.39 is 0 Å². The van der Waals surface area contributed by atoms with E-state index in [1.165, 1.54) is 44.1 Å². The van der Waals surface area contributed by atoms with Crippen molar-refractivity contribution < 1.29 is 4.79 Å². The number of anilines is 1. The highest BCUT2D eigenvalue weighted by Gasteiger charge is 2.51. The average Bonchev–Trinajstić information content (AvgIpc) is 2.67. The molecule has 152 valence electrons. The van der Waals surface area contributed by atoms with E-state index in [4.69, 9.17) is 23.2 Å². The van der Waals surface area contributed by atoms with Crippen molar-refractivity contribution in [3.63, 3.8) is 0 Å². The summed E-state index contributed by atoms with van der Waals surface area (Å²) >= 11 is 12.4. The molecule has 0 spiro atoms. The quantitative estimate of drug-likeness (QED) is 0.544. The maximum absolute atomic E-state index is 12.4. The topological polar surface area (TPSA) is 29.1 Å². The van der Waals surface area contributed by atoms with Gasteiger partial charge in [0.05, 0.1) is 0 Å². The monoisotopic (exact) mass is 427 g/mol. The van der Waals surface area contributed by atoms with Crippen molar-refractivity contribution in [1.82, 2.24) is 0 Å². The molecule has 1 N–H and O–H groups in total. The Morgan fingerprint density at radius 3 is 2.00 bits per heavy atom. The fourth-order valence-electron chi connectivity index (χ4n) is 6.60. The van der Waals surface area contributed by atoms with Crippen molar-refractivity contribution in [2.24, 2.45) is 17.8 Å². The lowest BCUT2D eigenvalue weighted by molar-refractivity contribution is -0.116. The van der Waals surface area contributed by atoms with Crippen molar-refractivity contribution in [1.29, 1.82) is 0 Å². The van der Waals surface area contributed by atoms with Crippen LogP contribution in [-0.4, -0.2) is 5.91 Å². The zero-order valence-corrected chi connectivity index (χ0v) is 18.1. The Labute approximate surface area is 183 Å². The van der Waals surface area contributed by atoms with E-state index in [0.29, 0.717) is 28.3 Å². The number of hydrogen-bond donors (Lipinski definition) is 1. The first-order valence-electron chi connectivity index (χ1n) is 10.8. The molecule has 0 unspecified atom stereocenters. The Hall–Kier alpha value is -1.51. The van der Waals surface area contributed by atoms with Crippen LogP contribution in [0.2, 0.25) is 10.0 Å². The summed E-state index contributed by atoms with van der Waals surface area (Å²) in [4.78, 5) is 12.4. The van der Waals surface area contributed by atoms with Crippen LogP contribution >= 0.6 is 23.2 Å². The van der Waals surface area contributed by atoms with Gasteiger partial charge in [-0.1, -0.05) is 41.4 Å². The first-order valence-corrected chi connectivity index (χ1v) is 11.6. The van der Waals surface area contributed by atoms with Crippen molar-refractivity contribution in [2.45, 2.75) is 56.8 Å². The lowest BCUT2D eigenvalue weighted by atomic mass is 9.48. The summed E-state index contributed by atoms with van der Waals surface area (Å²) in [5, 5.41) is 4.26. The highest BCUT2D eigenvalue weighted by Crippen LogP contribution is 2.60. The van der Waals surface area contributed by atoms with Gasteiger partial charge in [0.2, 0.25) is 5.91 Å². The number of carbonyl (C=O) groups excluding carboxylic acids is 1. The van der Waals surface area contributed by atoms with Crippen LogP contribution in [0.5, 0.6) is 0 Å². The summed E-state index contributed by atoms with van der Waals surface area (Å²) in [5.41, 5.74) is 3.59. The molecule has 4 aliphatic carbocycles. The Balaban J connectivity index is 1.23. The third kappa shape index (κ3) is 3.82. The molecule has 1 amide bonds. The highest BCUT2D eigenvalue weighted by molar-refractivity contribution is 6.36. The van der Waals surface area contributed by atoms with E-state index in [1.54, 1.807) is 0 Å². The van der Waals surface area contributed by atoms with Gasteiger partial charge in [0.25, 0.3) is 0 Å². The molecule has 4 bridgehead atoms. The summed E-state index contributed by atoms with van der Waals surface area (Å²) in [6.45, 7) is 0. The van der Waals surface area contributed by atoms with E-state index in [2.05, 4.69) is 29.6 Å². The minimum Gasteiger partial charge on any atom is -0.326 e. The molecule has 2 aromatic rings. The number of benzene rings is 2. The van der Waals surface area contributed by atoms with Crippen LogP contribution < -0.4 is 5.32 Å². The lowest BCUT2D eigenvalue weighted by Crippen LogP contribution is -2.48. The van der Waals surface area contributed by atoms with Crippen LogP contribution in [0.4, 0.5) is 5.69 Å². The standard InChI is InChI=1S/C25H27Cl2NO/c26-22-2-1-3-23(27)21(22)8-9-24(29)28-20-6-4-19(5-7-20)25-13-16-10-17(14-25)12-18(11-16)15-25/h1-7,16-18H,8-15H2,(H,28,29). The molecule has 0 radical (unpaired) electrons. The molecule has 0 saturated heterocycles. The van der Waals surface area contributed by atoms with Crippen LogP contribution in [0, 0.1) is 17.8 Å². The Bertz CT molecular complexity index is 865. The zero-order chi connectivity index (χ0) is 20.0. The molecule has 0 heterocycles.